The predicted octanol–water partition coefficient (Wildman–Crippen LogP) is 21.5. The first-order valence-corrected chi connectivity index (χ1v) is 36.4. The van der Waals surface area contributed by atoms with Crippen molar-refractivity contribution in [3.8, 4) is 0 Å². The fourth-order valence-corrected chi connectivity index (χ4v) is 10.6. The minimum atomic E-state index is -4.71. The molecule has 0 saturated heterocycles. The molecule has 482 valence electrons. The van der Waals surface area contributed by atoms with Crippen molar-refractivity contribution in [2.75, 3.05) is 40.9 Å². The highest BCUT2D eigenvalue weighted by molar-refractivity contribution is 7.45. The van der Waals surface area contributed by atoms with Crippen molar-refractivity contribution in [2.24, 2.45) is 0 Å². The molecule has 0 aliphatic carbocycles. The number of hydrogen-bond donors (Lipinski definition) is 1. The number of nitrogens with zero attached hydrogens (tertiary/aromatic N) is 1. The Morgan fingerprint density at radius 1 is 0.422 bits per heavy atom. The molecular formula is C73H133N2O7P. The van der Waals surface area contributed by atoms with E-state index in [0.29, 0.717) is 23.9 Å². The number of phosphoric ester groups is 1. The lowest BCUT2D eigenvalue weighted by molar-refractivity contribution is -0.870. The lowest BCUT2D eigenvalue weighted by Gasteiger charge is -2.30. The van der Waals surface area contributed by atoms with Gasteiger partial charge in [-0.3, -0.25) is 14.2 Å². The molecule has 9 nitrogen and oxygen atoms in total. The van der Waals surface area contributed by atoms with Gasteiger partial charge in [0.25, 0.3) is 7.82 Å². The van der Waals surface area contributed by atoms with Gasteiger partial charge in [0.2, 0.25) is 5.91 Å². The van der Waals surface area contributed by atoms with E-state index in [1.165, 1.54) is 193 Å². The molecule has 0 aromatic rings. The van der Waals surface area contributed by atoms with Gasteiger partial charge in [0.15, 0.2) is 0 Å². The van der Waals surface area contributed by atoms with Crippen molar-refractivity contribution in [3.05, 3.63) is 85.1 Å². The van der Waals surface area contributed by atoms with Crippen LogP contribution in [0.5, 0.6) is 0 Å². The summed E-state index contributed by atoms with van der Waals surface area (Å²) in [5.74, 6) is -0.571. The Morgan fingerprint density at radius 3 is 1.13 bits per heavy atom. The molecule has 0 heterocycles. The molecule has 3 unspecified atom stereocenters. The van der Waals surface area contributed by atoms with Gasteiger partial charge in [-0.25, -0.2) is 0 Å². The molecule has 1 N–H and O–H groups in total. The van der Waals surface area contributed by atoms with Crippen LogP contribution in [0.3, 0.4) is 0 Å². The number of hydrogen-bond acceptors (Lipinski definition) is 7. The van der Waals surface area contributed by atoms with E-state index in [2.05, 4.69) is 99.0 Å². The standard InChI is InChI=1S/C73H133N2O7P/c1-7-10-13-16-19-22-25-28-30-32-34-35-36-37-38-39-41-42-44-47-50-53-56-59-62-65-72(76)74-70(69-81-83(78,79)80-68-67-75(4,5)6)71(64-61-58-55-52-49-46-27-24-21-18-15-12-9-3)82-73(77)66-63-60-57-54-51-48-45-43-40-33-31-29-26-23-20-17-14-11-8-2/h19-20,22-23,28-31,40,43,48,51,61,64,70-71H,7-18,21,24-27,32-39,41-42,44-47,49-50,52-60,62-63,65-69H2,1-6H3,(H-,74,76,78,79)/b22-19-,23-20-,30-28-,31-29-,43-40-,51-48-,64-61-. The summed E-state index contributed by atoms with van der Waals surface area (Å²) in [6, 6.07) is -0.906. The summed E-state index contributed by atoms with van der Waals surface area (Å²) in [5.41, 5.74) is 0. The minimum Gasteiger partial charge on any atom is -0.756 e. The fraction of sp³-hybridized carbons (Fsp3) is 0.781. The quantitative estimate of drug-likeness (QED) is 0.0212. The zero-order chi connectivity index (χ0) is 60.7. The van der Waals surface area contributed by atoms with E-state index in [0.717, 1.165) is 83.5 Å². The van der Waals surface area contributed by atoms with Crippen LogP contribution in [0.4, 0.5) is 0 Å². The second kappa shape index (κ2) is 62.2. The summed E-state index contributed by atoms with van der Waals surface area (Å²) in [7, 11) is 1.17. The second-order valence-corrected chi connectivity index (χ2v) is 26.1. The molecular weight excluding hydrogens is 1050 g/mol. The van der Waals surface area contributed by atoms with E-state index in [1.807, 2.05) is 33.3 Å². The highest BCUT2D eigenvalue weighted by atomic mass is 31.2. The molecule has 83 heavy (non-hydrogen) atoms. The Hall–Kier alpha value is -2.81. The number of nitrogens with one attached hydrogen (secondary N) is 1. The number of carbonyl (C=O) groups is 2. The predicted molar refractivity (Wildman–Crippen MR) is 358 cm³/mol. The summed E-state index contributed by atoms with van der Waals surface area (Å²) < 4.78 is 30.4. The van der Waals surface area contributed by atoms with Gasteiger partial charge in [-0.2, -0.15) is 0 Å². The molecule has 0 spiro atoms. The van der Waals surface area contributed by atoms with Gasteiger partial charge in [-0.15, -0.1) is 0 Å². The Morgan fingerprint density at radius 2 is 0.735 bits per heavy atom. The first-order chi connectivity index (χ1) is 40.4. The summed E-state index contributed by atoms with van der Waals surface area (Å²) >= 11 is 0. The van der Waals surface area contributed by atoms with Crippen molar-refractivity contribution < 1.29 is 37.3 Å². The van der Waals surface area contributed by atoms with Crippen LogP contribution in [0.2, 0.25) is 0 Å². The zero-order valence-corrected chi connectivity index (χ0v) is 56.0. The van der Waals surface area contributed by atoms with Crippen LogP contribution in [-0.4, -0.2) is 69.4 Å². The summed E-state index contributed by atoms with van der Waals surface area (Å²) in [4.78, 5) is 40.2. The molecule has 3 atom stereocenters. The van der Waals surface area contributed by atoms with Gasteiger partial charge in [0.05, 0.1) is 33.8 Å². The molecule has 0 aromatic carbocycles. The number of amides is 1. The van der Waals surface area contributed by atoms with Crippen LogP contribution in [0.25, 0.3) is 0 Å². The monoisotopic (exact) mass is 1180 g/mol. The first kappa shape index (κ1) is 80.2. The van der Waals surface area contributed by atoms with Crippen LogP contribution in [0.1, 0.15) is 316 Å². The maximum absolute atomic E-state index is 13.6. The number of quaternary nitrogens is 1. The average Bonchev–Trinajstić information content (AvgIpc) is 3.46. The molecule has 0 aliphatic rings. The third-order valence-electron chi connectivity index (χ3n) is 15.3. The molecule has 0 bridgehead atoms. The molecule has 0 aromatic heterocycles. The molecule has 0 saturated carbocycles. The minimum absolute atomic E-state index is 0.0298. The lowest BCUT2D eigenvalue weighted by atomic mass is 10.0. The van der Waals surface area contributed by atoms with Crippen molar-refractivity contribution in [1.29, 1.82) is 0 Å². The molecule has 10 heteroatoms. The van der Waals surface area contributed by atoms with Crippen LogP contribution in [0.15, 0.2) is 85.1 Å². The van der Waals surface area contributed by atoms with Gasteiger partial charge in [-0.1, -0.05) is 280 Å². The van der Waals surface area contributed by atoms with Crippen LogP contribution in [-0.2, 0) is 27.9 Å². The molecule has 1 amide bonds. The third kappa shape index (κ3) is 63.5. The second-order valence-electron chi connectivity index (χ2n) is 24.7. The maximum Gasteiger partial charge on any atom is 0.306 e. The van der Waals surface area contributed by atoms with E-state index in [4.69, 9.17) is 13.8 Å². The molecule has 0 aliphatic heterocycles. The SMILES string of the molecule is CCCCC/C=C\C/C=C\C/C=C\C/C=C\CCCCCC(=O)OC(/C=C\CCCCCCCCCCCCC)C(COP(=O)([O-])OCC[N+](C)(C)C)NC(=O)CCCCCCCCCCCCCCCCC/C=C\C/C=C\CCCCC. The van der Waals surface area contributed by atoms with Gasteiger partial charge in [-0.05, 0) is 109 Å². The van der Waals surface area contributed by atoms with Crippen LogP contribution in [0, 0.1) is 0 Å². The average molecular weight is 1180 g/mol. The maximum atomic E-state index is 13.6. The van der Waals surface area contributed by atoms with E-state index >= 15 is 0 Å². The van der Waals surface area contributed by atoms with Gasteiger partial charge < -0.3 is 28.5 Å². The van der Waals surface area contributed by atoms with Crippen molar-refractivity contribution in [2.45, 2.75) is 328 Å². The number of esters is 1. The third-order valence-corrected chi connectivity index (χ3v) is 16.3. The van der Waals surface area contributed by atoms with Crippen LogP contribution >= 0.6 is 7.82 Å². The van der Waals surface area contributed by atoms with E-state index < -0.39 is 26.6 Å². The van der Waals surface area contributed by atoms with E-state index in [-0.39, 0.29) is 24.9 Å². The Bertz CT molecular complexity index is 1700. The number of unbranched alkanes of at least 4 members (excludes halogenated alkanes) is 35. The number of rotatable bonds is 63. The molecule has 0 rings (SSSR count). The zero-order valence-electron chi connectivity index (χ0n) is 55.1. The van der Waals surface area contributed by atoms with Crippen molar-refractivity contribution in [1.82, 2.24) is 5.32 Å². The molecule has 0 fully saturated rings. The van der Waals surface area contributed by atoms with Gasteiger partial charge in [0, 0.05) is 12.8 Å². The largest absolute Gasteiger partial charge is 0.756 e. The number of carbonyl (C=O) groups excluding carboxylic acids is 2. The lowest BCUT2D eigenvalue weighted by Crippen LogP contribution is -2.47. The highest BCUT2D eigenvalue weighted by Crippen LogP contribution is 2.38. The van der Waals surface area contributed by atoms with E-state index in [1.54, 1.807) is 0 Å². The van der Waals surface area contributed by atoms with Crippen LogP contribution < -0.4 is 10.2 Å². The number of likely N-dealkylation sites (N-methyl/N-ethyl adjacent to an activating group) is 1. The van der Waals surface area contributed by atoms with Gasteiger partial charge >= 0.3 is 5.97 Å². The normalized spacial score (nSPS) is 14.1. The Labute approximate surface area is 514 Å². The summed E-state index contributed by atoms with van der Waals surface area (Å²) in [6.45, 7) is 6.80. The summed E-state index contributed by atoms with van der Waals surface area (Å²) in [5, 5.41) is 3.04. The smallest absolute Gasteiger partial charge is 0.306 e. The fourth-order valence-electron chi connectivity index (χ4n) is 9.89. The first-order valence-electron chi connectivity index (χ1n) is 34.9. The van der Waals surface area contributed by atoms with Crippen molar-refractivity contribution in [3.63, 3.8) is 0 Å². The van der Waals surface area contributed by atoms with Gasteiger partial charge in [0.1, 0.15) is 19.3 Å². The number of allylic oxidation sites excluding steroid dienone is 13. The highest BCUT2D eigenvalue weighted by Gasteiger charge is 2.27. The van der Waals surface area contributed by atoms with E-state index in [9.17, 15) is 19.0 Å². The number of phosphoric acid groups is 1. The molecule has 0 radical (unpaired) electrons. The topological polar surface area (TPSA) is 114 Å². The summed E-state index contributed by atoms with van der Waals surface area (Å²) in [6.07, 6.45) is 82.7. The Balaban J connectivity index is 5.16. The van der Waals surface area contributed by atoms with Crippen molar-refractivity contribution >= 4 is 19.7 Å². The Kier molecular flexibility index (Phi) is 60.1. The number of ether oxygens (including phenoxy) is 1.